The van der Waals surface area contributed by atoms with Gasteiger partial charge in [0.1, 0.15) is 22.1 Å². The average molecular weight is 647 g/mol. The van der Waals surface area contributed by atoms with E-state index >= 15 is 0 Å². The molecule has 4 N–H and O–H groups in total. The first-order valence-electron chi connectivity index (χ1n) is 14.0. The summed E-state index contributed by atoms with van der Waals surface area (Å²) in [5.74, 6) is 1.02. The molecule has 0 radical (unpaired) electrons. The van der Waals surface area contributed by atoms with Crippen LogP contribution < -0.4 is 20.7 Å². The van der Waals surface area contributed by atoms with Crippen LogP contribution in [0.1, 0.15) is 54.2 Å². The van der Waals surface area contributed by atoms with Crippen molar-refractivity contribution in [3.05, 3.63) is 46.0 Å². The molecule has 0 aliphatic carbocycles. The standard InChI is InChI=1S/C28H38N8O6S2/c1-7-41-24(37)21-18(3)31-26(43-21)34-25-32-22(30-16-19-8-10-20(11-9-19)44(29,39)40)17(2)23(33-25)35-12-14-36(15-13-35)27(38)42-28(4,5)6/h8-11H,7,12-16H2,1-6H3,(H2,29,39,40)(H2,30,31,32,33,34). The lowest BCUT2D eigenvalue weighted by Gasteiger charge is -2.36. The van der Waals surface area contributed by atoms with Crippen LogP contribution in [0.3, 0.4) is 0 Å². The second kappa shape index (κ2) is 13.3. The molecule has 0 bridgehead atoms. The summed E-state index contributed by atoms with van der Waals surface area (Å²) in [6.45, 7) is 13.4. The fraction of sp³-hybridized carbons (Fsp3) is 0.464. The van der Waals surface area contributed by atoms with Crippen LogP contribution in [0, 0.1) is 13.8 Å². The number of esters is 1. The topological polar surface area (TPSA) is 182 Å². The Morgan fingerprint density at radius 2 is 1.70 bits per heavy atom. The minimum atomic E-state index is -3.80. The van der Waals surface area contributed by atoms with Crippen molar-refractivity contribution in [3.8, 4) is 0 Å². The number of carbonyl (C=O) groups is 2. The van der Waals surface area contributed by atoms with Crippen LogP contribution in [-0.4, -0.2) is 78.7 Å². The van der Waals surface area contributed by atoms with Crippen molar-refractivity contribution >= 4 is 56.1 Å². The van der Waals surface area contributed by atoms with E-state index in [1.807, 2.05) is 27.7 Å². The maximum Gasteiger partial charge on any atom is 0.410 e. The predicted octanol–water partition coefficient (Wildman–Crippen LogP) is 3.79. The van der Waals surface area contributed by atoms with Gasteiger partial charge in [-0.05, 0) is 59.2 Å². The van der Waals surface area contributed by atoms with Crippen LogP contribution in [0.15, 0.2) is 29.2 Å². The van der Waals surface area contributed by atoms with Gasteiger partial charge in [-0.25, -0.2) is 28.1 Å². The van der Waals surface area contributed by atoms with Gasteiger partial charge in [-0.15, -0.1) is 0 Å². The first-order chi connectivity index (χ1) is 20.6. The number of aryl methyl sites for hydroxylation is 1. The first kappa shape index (κ1) is 32.9. The Labute approximate surface area is 261 Å². The van der Waals surface area contributed by atoms with Crippen molar-refractivity contribution in [2.24, 2.45) is 5.14 Å². The smallest absolute Gasteiger partial charge is 0.410 e. The number of carbonyl (C=O) groups excluding carboxylic acids is 2. The average Bonchev–Trinajstić information content (AvgIpc) is 3.32. The van der Waals surface area contributed by atoms with E-state index in [2.05, 4.69) is 25.5 Å². The minimum absolute atomic E-state index is 0.0275. The molecule has 1 aromatic carbocycles. The van der Waals surface area contributed by atoms with E-state index in [-0.39, 0.29) is 23.5 Å². The van der Waals surface area contributed by atoms with Crippen LogP contribution in [-0.2, 0) is 26.0 Å². The zero-order chi connectivity index (χ0) is 32.2. The highest BCUT2D eigenvalue weighted by molar-refractivity contribution is 7.89. The molecular weight excluding hydrogens is 608 g/mol. The van der Waals surface area contributed by atoms with Gasteiger partial charge in [0.05, 0.1) is 17.2 Å². The summed E-state index contributed by atoms with van der Waals surface area (Å²) < 4.78 is 33.9. The zero-order valence-electron chi connectivity index (χ0n) is 25.6. The lowest BCUT2D eigenvalue weighted by atomic mass is 10.2. The van der Waals surface area contributed by atoms with Gasteiger partial charge in [-0.3, -0.25) is 5.32 Å². The highest BCUT2D eigenvalue weighted by atomic mass is 32.2. The number of hydrogen-bond acceptors (Lipinski definition) is 13. The predicted molar refractivity (Wildman–Crippen MR) is 168 cm³/mol. The molecule has 3 aromatic rings. The Kier molecular flexibility index (Phi) is 9.95. The summed E-state index contributed by atoms with van der Waals surface area (Å²) in [6, 6.07) is 6.25. The molecule has 44 heavy (non-hydrogen) atoms. The number of anilines is 4. The lowest BCUT2D eigenvalue weighted by molar-refractivity contribution is 0.0240. The molecule has 1 aliphatic heterocycles. The second-order valence-corrected chi connectivity index (χ2v) is 13.7. The Balaban J connectivity index is 1.59. The van der Waals surface area contributed by atoms with Crippen LogP contribution in [0.2, 0.25) is 0 Å². The molecule has 0 spiro atoms. The van der Waals surface area contributed by atoms with E-state index < -0.39 is 21.6 Å². The van der Waals surface area contributed by atoms with Crippen molar-refractivity contribution in [1.82, 2.24) is 19.9 Å². The fourth-order valence-corrected chi connectivity index (χ4v) is 5.75. The lowest BCUT2D eigenvalue weighted by Crippen LogP contribution is -2.50. The third kappa shape index (κ3) is 8.33. The highest BCUT2D eigenvalue weighted by Crippen LogP contribution is 2.30. The molecule has 16 heteroatoms. The van der Waals surface area contributed by atoms with E-state index in [0.717, 1.165) is 22.5 Å². The zero-order valence-corrected chi connectivity index (χ0v) is 27.3. The van der Waals surface area contributed by atoms with Gasteiger partial charge in [0, 0.05) is 38.3 Å². The number of nitrogens with one attached hydrogen (secondary N) is 2. The number of nitrogens with zero attached hydrogens (tertiary/aromatic N) is 5. The molecule has 1 fully saturated rings. The Bertz CT molecular complexity index is 1610. The second-order valence-electron chi connectivity index (χ2n) is 11.1. The molecule has 14 nitrogen and oxygen atoms in total. The van der Waals surface area contributed by atoms with Crippen molar-refractivity contribution in [2.75, 3.05) is 48.3 Å². The monoisotopic (exact) mass is 646 g/mol. The van der Waals surface area contributed by atoms with Crippen LogP contribution in [0.25, 0.3) is 0 Å². The van der Waals surface area contributed by atoms with E-state index in [4.69, 9.17) is 19.6 Å². The number of piperazine rings is 1. The summed E-state index contributed by atoms with van der Waals surface area (Å²) in [6.07, 6.45) is -0.355. The molecule has 0 unspecified atom stereocenters. The fourth-order valence-electron chi connectivity index (χ4n) is 4.38. The summed E-state index contributed by atoms with van der Waals surface area (Å²) >= 11 is 1.15. The molecule has 4 rings (SSSR count). The van der Waals surface area contributed by atoms with Crippen LogP contribution in [0.4, 0.5) is 27.5 Å². The molecule has 2 aromatic heterocycles. The summed E-state index contributed by atoms with van der Waals surface area (Å²) in [5, 5.41) is 12.1. The molecule has 1 aliphatic rings. The number of amides is 1. The van der Waals surface area contributed by atoms with Gasteiger partial charge in [0.2, 0.25) is 16.0 Å². The molecule has 238 valence electrons. The number of aromatic nitrogens is 3. The quantitative estimate of drug-likeness (QED) is 0.287. The number of thiazole rings is 1. The third-order valence-electron chi connectivity index (χ3n) is 6.54. The summed E-state index contributed by atoms with van der Waals surface area (Å²) in [4.78, 5) is 43.1. The molecule has 0 saturated carbocycles. The molecule has 0 atom stereocenters. The molecule has 1 saturated heterocycles. The molecular formula is C28H38N8O6S2. The van der Waals surface area contributed by atoms with Crippen molar-refractivity contribution < 1.29 is 27.5 Å². The molecule has 1 amide bonds. The third-order valence-corrected chi connectivity index (χ3v) is 8.52. The number of sulfonamides is 1. The summed E-state index contributed by atoms with van der Waals surface area (Å²) in [7, 11) is -3.80. The van der Waals surface area contributed by atoms with Crippen LogP contribution >= 0.6 is 11.3 Å². The number of hydrogen-bond donors (Lipinski definition) is 3. The van der Waals surface area contributed by atoms with Crippen molar-refractivity contribution in [2.45, 2.75) is 58.6 Å². The van der Waals surface area contributed by atoms with Gasteiger partial charge in [0.15, 0.2) is 5.13 Å². The van der Waals surface area contributed by atoms with Gasteiger partial charge < -0.3 is 24.6 Å². The van der Waals surface area contributed by atoms with Crippen LogP contribution in [0.5, 0.6) is 0 Å². The minimum Gasteiger partial charge on any atom is -0.462 e. The van der Waals surface area contributed by atoms with Gasteiger partial charge >= 0.3 is 12.1 Å². The SMILES string of the molecule is CCOC(=O)c1sc(Nc2nc(NCc3ccc(S(N)(=O)=O)cc3)c(C)c(N3CCN(C(=O)OC(C)(C)C)CC3)n2)nc1C. The molecule has 3 heterocycles. The van der Waals surface area contributed by atoms with E-state index in [9.17, 15) is 18.0 Å². The van der Waals surface area contributed by atoms with Gasteiger partial charge in [0.25, 0.3) is 0 Å². The number of benzene rings is 1. The maximum absolute atomic E-state index is 12.6. The normalized spacial score (nSPS) is 13.9. The van der Waals surface area contributed by atoms with E-state index in [0.29, 0.717) is 60.1 Å². The highest BCUT2D eigenvalue weighted by Gasteiger charge is 2.28. The largest absolute Gasteiger partial charge is 0.462 e. The maximum atomic E-state index is 12.6. The first-order valence-corrected chi connectivity index (χ1v) is 16.4. The van der Waals surface area contributed by atoms with E-state index in [1.165, 1.54) is 12.1 Å². The number of rotatable bonds is 9. The summed E-state index contributed by atoms with van der Waals surface area (Å²) in [5.41, 5.74) is 1.54. The number of ether oxygens (including phenoxy) is 2. The van der Waals surface area contributed by atoms with Crippen molar-refractivity contribution in [1.29, 1.82) is 0 Å². The van der Waals surface area contributed by atoms with E-state index in [1.54, 1.807) is 30.9 Å². The number of primary sulfonamides is 1. The Morgan fingerprint density at radius 1 is 1.05 bits per heavy atom. The van der Waals surface area contributed by atoms with Gasteiger partial charge in [-0.2, -0.15) is 9.97 Å². The number of nitrogens with two attached hydrogens (primary N) is 1. The Morgan fingerprint density at radius 3 is 2.30 bits per heavy atom. The Hall–Kier alpha value is -4.02. The van der Waals surface area contributed by atoms with Crippen molar-refractivity contribution in [3.63, 3.8) is 0 Å². The van der Waals surface area contributed by atoms with Gasteiger partial charge in [-0.1, -0.05) is 23.5 Å².